The van der Waals surface area contributed by atoms with E-state index >= 15 is 0 Å². The Balaban J connectivity index is 1.70. The van der Waals surface area contributed by atoms with E-state index in [9.17, 15) is 9.90 Å². The lowest BCUT2D eigenvalue weighted by atomic mass is 10.1. The number of ether oxygens (including phenoxy) is 1. The SMILES string of the molecule is CC(C)(O)C(=O)NC[C@H]1OCCc2cn(Cc3ccccc3)nc21. The van der Waals surface area contributed by atoms with Crippen LogP contribution in [0.25, 0.3) is 0 Å². The van der Waals surface area contributed by atoms with Gasteiger partial charge in [-0.15, -0.1) is 0 Å². The molecule has 3 rings (SSSR count). The van der Waals surface area contributed by atoms with Gasteiger partial charge in [0, 0.05) is 12.7 Å². The second-order valence-corrected chi connectivity index (χ2v) is 6.60. The smallest absolute Gasteiger partial charge is 0.251 e. The molecule has 6 nitrogen and oxygen atoms in total. The van der Waals surface area contributed by atoms with Gasteiger partial charge in [-0.05, 0) is 31.4 Å². The Morgan fingerprint density at radius 2 is 2.17 bits per heavy atom. The molecule has 1 aromatic carbocycles. The number of rotatable bonds is 5. The van der Waals surface area contributed by atoms with Gasteiger partial charge in [0.05, 0.1) is 18.8 Å². The van der Waals surface area contributed by atoms with Crippen molar-refractivity contribution in [2.24, 2.45) is 0 Å². The van der Waals surface area contributed by atoms with E-state index < -0.39 is 11.5 Å². The lowest BCUT2D eigenvalue weighted by molar-refractivity contribution is -0.137. The summed E-state index contributed by atoms with van der Waals surface area (Å²) in [7, 11) is 0. The molecule has 0 saturated carbocycles. The summed E-state index contributed by atoms with van der Waals surface area (Å²) < 4.78 is 7.67. The van der Waals surface area contributed by atoms with Gasteiger partial charge in [-0.2, -0.15) is 5.10 Å². The summed E-state index contributed by atoms with van der Waals surface area (Å²) in [5, 5.41) is 17.1. The minimum Gasteiger partial charge on any atom is -0.381 e. The highest BCUT2D eigenvalue weighted by molar-refractivity contribution is 5.83. The zero-order valence-corrected chi connectivity index (χ0v) is 14.0. The minimum absolute atomic E-state index is 0.280. The minimum atomic E-state index is -1.40. The monoisotopic (exact) mass is 329 g/mol. The summed E-state index contributed by atoms with van der Waals surface area (Å²) in [5.41, 5.74) is 1.81. The van der Waals surface area contributed by atoms with Gasteiger partial charge in [0.15, 0.2) is 0 Å². The van der Waals surface area contributed by atoms with Crippen LogP contribution in [-0.2, 0) is 22.5 Å². The van der Waals surface area contributed by atoms with Crippen molar-refractivity contribution in [2.45, 2.75) is 38.5 Å². The number of aliphatic hydroxyl groups is 1. The van der Waals surface area contributed by atoms with Crippen LogP contribution in [0, 0.1) is 0 Å². The summed E-state index contributed by atoms with van der Waals surface area (Å²) in [4.78, 5) is 11.8. The zero-order valence-electron chi connectivity index (χ0n) is 14.0. The summed E-state index contributed by atoms with van der Waals surface area (Å²) in [6.45, 7) is 4.54. The highest BCUT2D eigenvalue weighted by Crippen LogP contribution is 2.25. The van der Waals surface area contributed by atoms with Crippen molar-refractivity contribution in [3.63, 3.8) is 0 Å². The maximum atomic E-state index is 11.8. The van der Waals surface area contributed by atoms with Crippen molar-refractivity contribution in [2.75, 3.05) is 13.2 Å². The van der Waals surface area contributed by atoms with E-state index in [0.717, 1.165) is 17.7 Å². The molecule has 1 aliphatic rings. The zero-order chi connectivity index (χ0) is 17.2. The van der Waals surface area contributed by atoms with Gasteiger partial charge in [-0.3, -0.25) is 9.48 Å². The van der Waals surface area contributed by atoms with Gasteiger partial charge in [-0.25, -0.2) is 0 Å². The third-order valence-corrected chi connectivity index (χ3v) is 4.06. The number of nitrogens with zero attached hydrogens (tertiary/aromatic N) is 2. The molecule has 1 amide bonds. The molecule has 2 aromatic rings. The first-order valence-corrected chi connectivity index (χ1v) is 8.16. The summed E-state index contributed by atoms with van der Waals surface area (Å²) in [6, 6.07) is 10.1. The first-order chi connectivity index (χ1) is 11.4. The maximum absolute atomic E-state index is 11.8. The van der Waals surface area contributed by atoms with Gasteiger partial charge >= 0.3 is 0 Å². The first-order valence-electron chi connectivity index (χ1n) is 8.16. The highest BCUT2D eigenvalue weighted by atomic mass is 16.5. The molecule has 6 heteroatoms. The van der Waals surface area contributed by atoms with Crippen LogP contribution in [0.4, 0.5) is 0 Å². The molecule has 0 radical (unpaired) electrons. The van der Waals surface area contributed by atoms with E-state index in [1.54, 1.807) is 0 Å². The van der Waals surface area contributed by atoms with Gasteiger partial charge < -0.3 is 15.2 Å². The molecule has 0 aliphatic carbocycles. The van der Waals surface area contributed by atoms with Crippen LogP contribution in [0.1, 0.15) is 36.8 Å². The first kappa shape index (κ1) is 16.7. The Hall–Kier alpha value is -2.18. The van der Waals surface area contributed by atoms with Crippen molar-refractivity contribution in [1.29, 1.82) is 0 Å². The largest absolute Gasteiger partial charge is 0.381 e. The average Bonchev–Trinajstić information content (AvgIpc) is 2.95. The fourth-order valence-corrected chi connectivity index (χ4v) is 2.74. The molecule has 128 valence electrons. The number of hydrogen-bond acceptors (Lipinski definition) is 4. The Kier molecular flexibility index (Phi) is 4.69. The van der Waals surface area contributed by atoms with Crippen molar-refractivity contribution >= 4 is 5.91 Å². The maximum Gasteiger partial charge on any atom is 0.251 e. The molecule has 0 saturated heterocycles. The standard InChI is InChI=1S/C18H23N3O3/c1-18(2,23)17(22)19-10-15-16-14(8-9-24-15)12-21(20-16)11-13-6-4-3-5-7-13/h3-7,12,15,23H,8-11H2,1-2H3,(H,19,22)/t15-/m1/s1. The second-order valence-electron chi connectivity index (χ2n) is 6.60. The van der Waals surface area contributed by atoms with Crippen LogP contribution >= 0.6 is 0 Å². The highest BCUT2D eigenvalue weighted by Gasteiger charge is 2.28. The predicted molar refractivity (Wildman–Crippen MR) is 89.5 cm³/mol. The lowest BCUT2D eigenvalue weighted by Crippen LogP contribution is -2.44. The Labute approximate surface area is 141 Å². The number of aromatic nitrogens is 2. The molecule has 1 atom stereocenters. The third kappa shape index (κ3) is 3.83. The molecule has 0 spiro atoms. The number of carbonyl (C=O) groups excluding carboxylic acids is 1. The van der Waals surface area contributed by atoms with Crippen molar-refractivity contribution in [3.8, 4) is 0 Å². The fourth-order valence-electron chi connectivity index (χ4n) is 2.74. The number of hydrogen-bond donors (Lipinski definition) is 2. The van der Waals surface area contributed by atoms with E-state index in [-0.39, 0.29) is 6.10 Å². The molecular formula is C18H23N3O3. The third-order valence-electron chi connectivity index (χ3n) is 4.06. The van der Waals surface area contributed by atoms with Gasteiger partial charge in [0.2, 0.25) is 0 Å². The summed E-state index contributed by atoms with van der Waals surface area (Å²) in [5.74, 6) is -0.415. The number of amides is 1. The molecule has 0 bridgehead atoms. The lowest BCUT2D eigenvalue weighted by Gasteiger charge is -2.24. The Bertz CT molecular complexity index is 704. The van der Waals surface area contributed by atoms with Crippen LogP contribution in [-0.4, -0.2) is 39.5 Å². The number of carbonyl (C=O) groups is 1. The molecular weight excluding hydrogens is 306 g/mol. The normalized spacial score (nSPS) is 17.4. The van der Waals surface area contributed by atoms with E-state index in [1.165, 1.54) is 19.4 Å². The molecule has 1 aromatic heterocycles. The van der Waals surface area contributed by atoms with Crippen LogP contribution in [0.2, 0.25) is 0 Å². The van der Waals surface area contributed by atoms with Gasteiger partial charge in [-0.1, -0.05) is 30.3 Å². The number of fused-ring (bicyclic) bond motifs is 1. The molecule has 2 N–H and O–H groups in total. The Morgan fingerprint density at radius 3 is 2.88 bits per heavy atom. The summed E-state index contributed by atoms with van der Waals surface area (Å²) in [6.07, 6.45) is 2.59. The Morgan fingerprint density at radius 1 is 1.42 bits per heavy atom. The fraction of sp³-hybridized carbons (Fsp3) is 0.444. The molecule has 1 aliphatic heterocycles. The van der Waals surface area contributed by atoms with Crippen LogP contribution in [0.15, 0.2) is 36.5 Å². The predicted octanol–water partition coefficient (Wildman–Crippen LogP) is 1.43. The van der Waals surface area contributed by atoms with E-state index in [4.69, 9.17) is 4.74 Å². The van der Waals surface area contributed by atoms with Gasteiger partial charge in [0.25, 0.3) is 5.91 Å². The van der Waals surface area contributed by atoms with Gasteiger partial charge in [0.1, 0.15) is 11.7 Å². The summed E-state index contributed by atoms with van der Waals surface area (Å²) >= 11 is 0. The van der Waals surface area contributed by atoms with Crippen molar-refractivity contribution in [3.05, 3.63) is 53.3 Å². The number of nitrogens with one attached hydrogen (secondary N) is 1. The molecule has 2 heterocycles. The quantitative estimate of drug-likeness (QED) is 0.870. The van der Waals surface area contributed by atoms with E-state index in [2.05, 4.69) is 28.7 Å². The van der Waals surface area contributed by atoms with E-state index in [1.807, 2.05) is 22.9 Å². The molecule has 0 fully saturated rings. The van der Waals surface area contributed by atoms with Crippen LogP contribution < -0.4 is 5.32 Å². The second kappa shape index (κ2) is 6.75. The van der Waals surface area contributed by atoms with Crippen LogP contribution in [0.5, 0.6) is 0 Å². The average molecular weight is 329 g/mol. The molecule has 24 heavy (non-hydrogen) atoms. The number of benzene rings is 1. The van der Waals surface area contributed by atoms with Crippen molar-refractivity contribution in [1.82, 2.24) is 15.1 Å². The van der Waals surface area contributed by atoms with Crippen LogP contribution in [0.3, 0.4) is 0 Å². The topological polar surface area (TPSA) is 76.4 Å². The van der Waals surface area contributed by atoms with E-state index in [0.29, 0.717) is 19.7 Å². The molecule has 0 unspecified atom stereocenters. The van der Waals surface area contributed by atoms with Crippen molar-refractivity contribution < 1.29 is 14.6 Å².